The van der Waals surface area contributed by atoms with E-state index in [0.717, 1.165) is 24.0 Å². The highest BCUT2D eigenvalue weighted by atomic mass is 16.1. The van der Waals surface area contributed by atoms with Gasteiger partial charge in [0.25, 0.3) is 0 Å². The van der Waals surface area contributed by atoms with Crippen molar-refractivity contribution in [3.63, 3.8) is 0 Å². The van der Waals surface area contributed by atoms with Crippen molar-refractivity contribution in [3.8, 4) is 0 Å². The summed E-state index contributed by atoms with van der Waals surface area (Å²) in [4.78, 5) is 11.1. The molecule has 0 spiro atoms. The maximum Gasteiger partial charge on any atom is 0.248 e. The average molecular weight is 189 g/mol. The Morgan fingerprint density at radius 3 is 2.79 bits per heavy atom. The first-order valence-corrected chi connectivity index (χ1v) is 4.72. The van der Waals surface area contributed by atoms with E-state index in [1.165, 1.54) is 0 Å². The van der Waals surface area contributed by atoms with E-state index >= 15 is 0 Å². The van der Waals surface area contributed by atoms with Crippen LogP contribution in [0.4, 0.5) is 0 Å². The number of amides is 1. The van der Waals surface area contributed by atoms with Crippen LogP contribution in [0.5, 0.6) is 0 Å². The van der Waals surface area contributed by atoms with Gasteiger partial charge in [-0.25, -0.2) is 0 Å². The van der Waals surface area contributed by atoms with Crippen molar-refractivity contribution in [2.24, 2.45) is 5.73 Å². The van der Waals surface area contributed by atoms with E-state index in [1.54, 1.807) is 6.07 Å². The fraction of sp³-hybridized carbons (Fsp3) is 0.250. The van der Waals surface area contributed by atoms with Gasteiger partial charge in [0.1, 0.15) is 0 Å². The number of hydrogen-bond acceptors (Lipinski definition) is 1. The zero-order chi connectivity index (χ0) is 10.6. The Bertz CT molecular complexity index is 355. The second kappa shape index (κ2) is 4.61. The second-order valence-electron chi connectivity index (χ2n) is 3.15. The maximum atomic E-state index is 11.1. The van der Waals surface area contributed by atoms with Crippen LogP contribution in [-0.2, 0) is 12.8 Å². The summed E-state index contributed by atoms with van der Waals surface area (Å²) < 4.78 is 0. The minimum Gasteiger partial charge on any atom is -0.366 e. The number of hydrogen-bond donors (Lipinski definition) is 1. The van der Waals surface area contributed by atoms with Crippen LogP contribution >= 0.6 is 0 Å². The number of carbonyl (C=O) groups is 1. The average Bonchev–Trinajstić information content (AvgIpc) is 2.18. The van der Waals surface area contributed by atoms with Crippen LogP contribution in [0.25, 0.3) is 0 Å². The molecule has 0 bridgehead atoms. The zero-order valence-corrected chi connectivity index (χ0v) is 8.42. The molecular weight excluding hydrogens is 174 g/mol. The van der Waals surface area contributed by atoms with Crippen molar-refractivity contribution in [1.82, 2.24) is 0 Å². The van der Waals surface area contributed by atoms with E-state index < -0.39 is 0 Å². The summed E-state index contributed by atoms with van der Waals surface area (Å²) in [5.74, 6) is -0.354. The smallest absolute Gasteiger partial charge is 0.248 e. The molecule has 0 radical (unpaired) electrons. The minimum atomic E-state index is -0.354. The first-order valence-electron chi connectivity index (χ1n) is 4.72. The molecule has 0 aliphatic carbocycles. The standard InChI is InChI=1S/C12H15NO/c1-3-6-9-7-5-8-11(12(13)14)10(9)4-2/h3,5,7-8H,1,4,6H2,2H3,(H2,13,14). The van der Waals surface area contributed by atoms with Crippen molar-refractivity contribution in [3.05, 3.63) is 47.5 Å². The number of rotatable bonds is 4. The molecule has 2 N–H and O–H groups in total. The molecule has 0 aliphatic rings. The van der Waals surface area contributed by atoms with Gasteiger partial charge in [0.15, 0.2) is 0 Å². The van der Waals surface area contributed by atoms with Gasteiger partial charge in [-0.1, -0.05) is 25.1 Å². The van der Waals surface area contributed by atoms with Crippen LogP contribution in [0, 0.1) is 0 Å². The Labute approximate surface area is 84.4 Å². The summed E-state index contributed by atoms with van der Waals surface area (Å²) in [7, 11) is 0. The quantitative estimate of drug-likeness (QED) is 0.724. The monoisotopic (exact) mass is 189 g/mol. The number of nitrogens with two attached hydrogens (primary N) is 1. The van der Waals surface area contributed by atoms with Crippen LogP contribution in [0.3, 0.4) is 0 Å². The van der Waals surface area contributed by atoms with Gasteiger partial charge >= 0.3 is 0 Å². The number of benzene rings is 1. The van der Waals surface area contributed by atoms with E-state index in [4.69, 9.17) is 5.73 Å². The molecule has 0 unspecified atom stereocenters. The van der Waals surface area contributed by atoms with Crippen molar-refractivity contribution < 1.29 is 4.79 Å². The molecule has 1 amide bonds. The normalized spacial score (nSPS) is 9.79. The lowest BCUT2D eigenvalue weighted by molar-refractivity contribution is 0.0999. The largest absolute Gasteiger partial charge is 0.366 e. The van der Waals surface area contributed by atoms with E-state index in [2.05, 4.69) is 6.58 Å². The third-order valence-corrected chi connectivity index (χ3v) is 2.26. The first kappa shape index (κ1) is 10.5. The molecule has 0 heterocycles. The third-order valence-electron chi connectivity index (χ3n) is 2.26. The van der Waals surface area contributed by atoms with E-state index in [9.17, 15) is 4.79 Å². The predicted octanol–water partition coefficient (Wildman–Crippen LogP) is 2.08. The maximum absolute atomic E-state index is 11.1. The molecule has 0 saturated heterocycles. The van der Waals surface area contributed by atoms with Crippen LogP contribution in [0.2, 0.25) is 0 Å². The van der Waals surface area contributed by atoms with Crippen molar-refractivity contribution >= 4 is 5.91 Å². The Morgan fingerprint density at radius 1 is 1.57 bits per heavy atom. The highest BCUT2D eigenvalue weighted by Gasteiger charge is 2.09. The van der Waals surface area contributed by atoms with Gasteiger partial charge in [-0.2, -0.15) is 0 Å². The van der Waals surface area contributed by atoms with Crippen LogP contribution in [0.1, 0.15) is 28.4 Å². The highest BCUT2D eigenvalue weighted by molar-refractivity contribution is 5.94. The molecule has 1 rings (SSSR count). The fourth-order valence-electron chi connectivity index (χ4n) is 1.63. The van der Waals surface area contributed by atoms with E-state index in [-0.39, 0.29) is 5.91 Å². The zero-order valence-electron chi connectivity index (χ0n) is 8.42. The van der Waals surface area contributed by atoms with Gasteiger partial charge in [0, 0.05) is 5.56 Å². The molecule has 2 nitrogen and oxygen atoms in total. The van der Waals surface area contributed by atoms with Crippen molar-refractivity contribution in [1.29, 1.82) is 0 Å². The van der Waals surface area contributed by atoms with Gasteiger partial charge in [-0.05, 0) is 30.0 Å². The van der Waals surface area contributed by atoms with E-state index in [1.807, 2.05) is 25.1 Å². The Balaban J connectivity index is 3.24. The van der Waals surface area contributed by atoms with Crippen LogP contribution < -0.4 is 5.73 Å². The number of carbonyl (C=O) groups excluding carboxylic acids is 1. The van der Waals surface area contributed by atoms with Crippen LogP contribution in [-0.4, -0.2) is 5.91 Å². The van der Waals surface area contributed by atoms with Crippen LogP contribution in [0.15, 0.2) is 30.9 Å². The Hall–Kier alpha value is -1.57. The third kappa shape index (κ3) is 2.02. The molecule has 14 heavy (non-hydrogen) atoms. The molecule has 74 valence electrons. The summed E-state index contributed by atoms with van der Waals surface area (Å²) in [6, 6.07) is 5.64. The lowest BCUT2D eigenvalue weighted by atomic mass is 9.96. The SMILES string of the molecule is C=CCc1cccc(C(N)=O)c1CC. The summed E-state index contributed by atoms with van der Waals surface area (Å²) in [6.45, 7) is 5.71. The molecule has 2 heteroatoms. The molecule has 0 fully saturated rings. The van der Waals surface area contributed by atoms with E-state index in [0.29, 0.717) is 5.56 Å². The second-order valence-corrected chi connectivity index (χ2v) is 3.15. The van der Waals surface area contributed by atoms with Gasteiger partial charge in [0.05, 0.1) is 0 Å². The summed E-state index contributed by atoms with van der Waals surface area (Å²) in [5.41, 5.74) is 8.10. The van der Waals surface area contributed by atoms with Gasteiger partial charge in [-0.3, -0.25) is 4.79 Å². The highest BCUT2D eigenvalue weighted by Crippen LogP contribution is 2.16. The predicted molar refractivity (Wildman–Crippen MR) is 58.2 cm³/mol. The molecule has 0 aromatic heterocycles. The summed E-state index contributed by atoms with van der Waals surface area (Å²) >= 11 is 0. The lowest BCUT2D eigenvalue weighted by Gasteiger charge is -2.09. The number of allylic oxidation sites excluding steroid dienone is 1. The van der Waals surface area contributed by atoms with Gasteiger partial charge in [0.2, 0.25) is 5.91 Å². The molecule has 1 aromatic carbocycles. The summed E-state index contributed by atoms with van der Waals surface area (Å²) in [5, 5.41) is 0. The molecular formula is C12H15NO. The molecule has 1 aromatic rings. The first-order chi connectivity index (χ1) is 6.70. The molecule has 0 atom stereocenters. The topological polar surface area (TPSA) is 43.1 Å². The minimum absolute atomic E-state index is 0.354. The fourth-order valence-corrected chi connectivity index (χ4v) is 1.63. The Morgan fingerprint density at radius 2 is 2.29 bits per heavy atom. The Kier molecular flexibility index (Phi) is 3.46. The van der Waals surface area contributed by atoms with Gasteiger partial charge in [-0.15, -0.1) is 6.58 Å². The molecule has 0 saturated carbocycles. The number of primary amides is 1. The van der Waals surface area contributed by atoms with Gasteiger partial charge < -0.3 is 5.73 Å². The molecule has 0 aliphatic heterocycles. The van der Waals surface area contributed by atoms with Crippen molar-refractivity contribution in [2.45, 2.75) is 19.8 Å². The van der Waals surface area contributed by atoms with Crippen molar-refractivity contribution in [2.75, 3.05) is 0 Å². The lowest BCUT2D eigenvalue weighted by Crippen LogP contribution is -2.14. The summed E-state index contributed by atoms with van der Waals surface area (Å²) in [6.07, 6.45) is 3.44.